The summed E-state index contributed by atoms with van der Waals surface area (Å²) in [5.41, 5.74) is 3.63. The molecule has 0 radical (unpaired) electrons. The molecule has 1 aliphatic rings. The molecule has 5 heteroatoms. The van der Waals surface area contributed by atoms with Crippen LogP contribution in [0.15, 0.2) is 45.8 Å². The summed E-state index contributed by atoms with van der Waals surface area (Å²) in [5.74, 6) is 0.797. The molecule has 2 aromatic heterocycles. The van der Waals surface area contributed by atoms with E-state index in [0.29, 0.717) is 17.7 Å². The van der Waals surface area contributed by atoms with E-state index >= 15 is 0 Å². The Balaban J connectivity index is 1.62. The van der Waals surface area contributed by atoms with Gasteiger partial charge in [0, 0.05) is 17.9 Å². The zero-order valence-electron chi connectivity index (χ0n) is 17.1. The summed E-state index contributed by atoms with van der Waals surface area (Å²) in [6.45, 7) is 4.05. The zero-order chi connectivity index (χ0) is 20.4. The number of benzene rings is 1. The van der Waals surface area contributed by atoms with Crippen LogP contribution in [0.1, 0.15) is 60.6 Å². The van der Waals surface area contributed by atoms with Crippen LogP contribution in [0.2, 0.25) is 0 Å². The first kappa shape index (κ1) is 19.5. The van der Waals surface area contributed by atoms with Gasteiger partial charge in [0.1, 0.15) is 5.76 Å². The third-order valence-electron chi connectivity index (χ3n) is 6.23. The standard InChI is InChI=1S/C24H28N2O3/c1-15-10-11-18-13-19(24(28)26-22(18)16(15)2)14-20(21-9-6-12-29-21)25-23(27)17-7-4-3-5-8-17/h6,9-13,17,20H,3-5,7-8,14H2,1-2H3,(H,25,27)(H,26,28). The summed E-state index contributed by atoms with van der Waals surface area (Å²) in [6, 6.07) is 9.34. The Morgan fingerprint density at radius 1 is 1.21 bits per heavy atom. The van der Waals surface area contributed by atoms with Crippen molar-refractivity contribution in [3.05, 3.63) is 69.4 Å². The van der Waals surface area contributed by atoms with Crippen molar-refractivity contribution in [1.29, 1.82) is 0 Å². The number of H-pyrrole nitrogens is 1. The summed E-state index contributed by atoms with van der Waals surface area (Å²) in [6.07, 6.45) is 7.28. The number of aromatic amines is 1. The van der Waals surface area contributed by atoms with Gasteiger partial charge in [0.15, 0.2) is 0 Å². The molecular formula is C24H28N2O3. The largest absolute Gasteiger partial charge is 0.467 e. The summed E-state index contributed by atoms with van der Waals surface area (Å²) < 4.78 is 5.59. The van der Waals surface area contributed by atoms with Crippen LogP contribution in [-0.2, 0) is 11.2 Å². The summed E-state index contributed by atoms with van der Waals surface area (Å²) >= 11 is 0. The molecule has 4 rings (SSSR count). The van der Waals surface area contributed by atoms with Crippen molar-refractivity contribution in [3.63, 3.8) is 0 Å². The molecule has 1 aromatic carbocycles. The number of carbonyl (C=O) groups excluding carboxylic acids is 1. The van der Waals surface area contributed by atoms with Gasteiger partial charge in [0.25, 0.3) is 5.56 Å². The fourth-order valence-corrected chi connectivity index (χ4v) is 4.31. The second kappa shape index (κ2) is 8.27. The first-order chi connectivity index (χ1) is 14.0. The number of aromatic nitrogens is 1. The average molecular weight is 392 g/mol. The Morgan fingerprint density at radius 2 is 2.00 bits per heavy atom. The van der Waals surface area contributed by atoms with E-state index in [1.165, 1.54) is 6.42 Å². The van der Waals surface area contributed by atoms with Gasteiger partial charge in [-0.2, -0.15) is 0 Å². The van der Waals surface area contributed by atoms with E-state index in [-0.39, 0.29) is 23.4 Å². The van der Waals surface area contributed by atoms with Gasteiger partial charge in [-0.1, -0.05) is 31.4 Å². The van der Waals surface area contributed by atoms with Gasteiger partial charge in [-0.3, -0.25) is 9.59 Å². The number of amides is 1. The van der Waals surface area contributed by atoms with Crippen LogP contribution in [0, 0.1) is 19.8 Å². The van der Waals surface area contributed by atoms with Crippen molar-refractivity contribution in [2.75, 3.05) is 0 Å². The summed E-state index contributed by atoms with van der Waals surface area (Å²) in [5, 5.41) is 4.15. The minimum Gasteiger partial charge on any atom is -0.467 e. The molecule has 3 aromatic rings. The van der Waals surface area contributed by atoms with Gasteiger partial charge in [0.2, 0.25) is 5.91 Å². The molecule has 0 saturated heterocycles. The van der Waals surface area contributed by atoms with Crippen molar-refractivity contribution in [2.24, 2.45) is 5.92 Å². The van der Waals surface area contributed by atoms with E-state index in [1.54, 1.807) is 6.26 Å². The molecule has 5 nitrogen and oxygen atoms in total. The Labute approximate surface area is 170 Å². The van der Waals surface area contributed by atoms with Gasteiger partial charge in [-0.15, -0.1) is 0 Å². The van der Waals surface area contributed by atoms with E-state index in [2.05, 4.69) is 16.4 Å². The number of carbonyl (C=O) groups is 1. The Kier molecular flexibility index (Phi) is 5.56. The quantitative estimate of drug-likeness (QED) is 0.660. The lowest BCUT2D eigenvalue weighted by Crippen LogP contribution is -2.36. The number of hydrogen-bond acceptors (Lipinski definition) is 3. The van der Waals surface area contributed by atoms with Crippen molar-refractivity contribution in [1.82, 2.24) is 10.3 Å². The van der Waals surface area contributed by atoms with Gasteiger partial charge < -0.3 is 14.7 Å². The van der Waals surface area contributed by atoms with E-state index in [1.807, 2.05) is 38.1 Å². The maximum atomic E-state index is 12.8. The molecule has 2 N–H and O–H groups in total. The van der Waals surface area contributed by atoms with Crippen LogP contribution in [-0.4, -0.2) is 10.9 Å². The van der Waals surface area contributed by atoms with Crippen molar-refractivity contribution in [3.8, 4) is 0 Å². The highest BCUT2D eigenvalue weighted by Crippen LogP contribution is 2.26. The lowest BCUT2D eigenvalue weighted by Gasteiger charge is -2.24. The molecule has 152 valence electrons. The number of furan rings is 1. The molecule has 29 heavy (non-hydrogen) atoms. The number of hydrogen-bond donors (Lipinski definition) is 2. The number of pyridine rings is 1. The van der Waals surface area contributed by atoms with Crippen LogP contribution in [0.4, 0.5) is 0 Å². The summed E-state index contributed by atoms with van der Waals surface area (Å²) in [4.78, 5) is 28.7. The Hall–Kier alpha value is -2.82. The van der Waals surface area contributed by atoms with Crippen LogP contribution in [0.5, 0.6) is 0 Å². The molecule has 1 unspecified atom stereocenters. The predicted octanol–water partition coefficient (Wildman–Crippen LogP) is 4.72. The van der Waals surface area contributed by atoms with Crippen LogP contribution >= 0.6 is 0 Å². The fraction of sp³-hybridized carbons (Fsp3) is 0.417. The molecular weight excluding hydrogens is 364 g/mol. The maximum absolute atomic E-state index is 12.8. The molecule has 0 bridgehead atoms. The first-order valence-electron chi connectivity index (χ1n) is 10.5. The van der Waals surface area contributed by atoms with Crippen molar-refractivity contribution >= 4 is 16.8 Å². The third-order valence-corrected chi connectivity index (χ3v) is 6.23. The van der Waals surface area contributed by atoms with E-state index in [0.717, 1.165) is 47.7 Å². The van der Waals surface area contributed by atoms with E-state index in [4.69, 9.17) is 4.42 Å². The Bertz CT molecular complexity index is 1060. The molecule has 1 aliphatic carbocycles. The number of rotatable bonds is 5. The molecule has 1 saturated carbocycles. The summed E-state index contributed by atoms with van der Waals surface area (Å²) in [7, 11) is 0. The van der Waals surface area contributed by atoms with Crippen molar-refractivity contribution < 1.29 is 9.21 Å². The number of aryl methyl sites for hydroxylation is 2. The lowest BCUT2D eigenvalue weighted by atomic mass is 9.88. The highest BCUT2D eigenvalue weighted by molar-refractivity contribution is 5.83. The zero-order valence-corrected chi connectivity index (χ0v) is 17.1. The fourth-order valence-electron chi connectivity index (χ4n) is 4.31. The van der Waals surface area contributed by atoms with E-state index in [9.17, 15) is 9.59 Å². The highest BCUT2D eigenvalue weighted by atomic mass is 16.3. The SMILES string of the molecule is Cc1ccc2cc(CC(NC(=O)C3CCCCC3)c3ccco3)c(=O)[nH]c2c1C. The second-order valence-corrected chi connectivity index (χ2v) is 8.21. The number of nitrogens with one attached hydrogen (secondary N) is 2. The van der Waals surface area contributed by atoms with Crippen LogP contribution in [0.25, 0.3) is 10.9 Å². The smallest absolute Gasteiger partial charge is 0.251 e. The van der Waals surface area contributed by atoms with Crippen molar-refractivity contribution in [2.45, 2.75) is 58.4 Å². The van der Waals surface area contributed by atoms with Crippen LogP contribution < -0.4 is 10.9 Å². The Morgan fingerprint density at radius 3 is 2.72 bits per heavy atom. The minimum atomic E-state index is -0.357. The average Bonchev–Trinajstić information content (AvgIpc) is 3.27. The normalized spacial score (nSPS) is 16.1. The predicted molar refractivity (Wildman–Crippen MR) is 114 cm³/mol. The van der Waals surface area contributed by atoms with Crippen LogP contribution in [0.3, 0.4) is 0 Å². The lowest BCUT2D eigenvalue weighted by molar-refractivity contribution is -0.126. The maximum Gasteiger partial charge on any atom is 0.251 e. The molecule has 1 atom stereocenters. The number of fused-ring (bicyclic) bond motifs is 1. The third kappa shape index (κ3) is 4.14. The van der Waals surface area contributed by atoms with E-state index < -0.39 is 0 Å². The molecule has 0 aliphatic heterocycles. The first-order valence-corrected chi connectivity index (χ1v) is 10.5. The topological polar surface area (TPSA) is 75.1 Å². The monoisotopic (exact) mass is 392 g/mol. The molecule has 0 spiro atoms. The van der Waals surface area contributed by atoms with Gasteiger partial charge in [-0.05, 0) is 61.4 Å². The van der Waals surface area contributed by atoms with Gasteiger partial charge in [-0.25, -0.2) is 0 Å². The molecule has 2 heterocycles. The highest BCUT2D eigenvalue weighted by Gasteiger charge is 2.26. The van der Waals surface area contributed by atoms with Gasteiger partial charge in [0.05, 0.1) is 17.8 Å². The second-order valence-electron chi connectivity index (χ2n) is 8.21. The minimum absolute atomic E-state index is 0.0572. The molecule has 1 amide bonds. The molecule has 1 fully saturated rings. The van der Waals surface area contributed by atoms with Gasteiger partial charge >= 0.3 is 0 Å².